The van der Waals surface area contributed by atoms with Crippen molar-refractivity contribution in [1.82, 2.24) is 20.4 Å². The van der Waals surface area contributed by atoms with Gasteiger partial charge >= 0.3 is 0 Å². The van der Waals surface area contributed by atoms with E-state index in [-0.39, 0.29) is 19.1 Å². The van der Waals surface area contributed by atoms with E-state index >= 15 is 0 Å². The van der Waals surface area contributed by atoms with E-state index in [4.69, 9.17) is 23.7 Å². The molecule has 0 radical (unpaired) electrons. The van der Waals surface area contributed by atoms with Crippen LogP contribution in [0.15, 0.2) is 0 Å². The van der Waals surface area contributed by atoms with Crippen LogP contribution in [0.25, 0.3) is 0 Å². The molecule has 0 aromatic rings. The highest BCUT2D eigenvalue weighted by Gasteiger charge is 2.16. The van der Waals surface area contributed by atoms with Crippen molar-refractivity contribution in [3.05, 3.63) is 0 Å². The molecule has 1 amide bonds. The zero-order valence-electron chi connectivity index (χ0n) is 21.2. The molecular formula is C23H47FN4O6. The van der Waals surface area contributed by atoms with Crippen LogP contribution in [0.5, 0.6) is 0 Å². The summed E-state index contributed by atoms with van der Waals surface area (Å²) in [6, 6.07) is 0. The van der Waals surface area contributed by atoms with E-state index in [1.807, 2.05) is 7.05 Å². The lowest BCUT2D eigenvalue weighted by Crippen LogP contribution is -2.48. The van der Waals surface area contributed by atoms with Crippen LogP contribution in [-0.2, 0) is 28.5 Å². The number of carbonyl (C=O) groups excluding carboxylic acids is 1. The van der Waals surface area contributed by atoms with E-state index in [1.165, 1.54) is 0 Å². The Morgan fingerprint density at radius 2 is 1.26 bits per heavy atom. The van der Waals surface area contributed by atoms with Gasteiger partial charge in [-0.25, -0.2) is 4.39 Å². The highest BCUT2D eigenvalue weighted by molar-refractivity contribution is 5.75. The maximum Gasteiger partial charge on any atom is 0.219 e. The number of nitrogens with zero attached hydrogens (tertiary/aromatic N) is 2. The predicted molar refractivity (Wildman–Crippen MR) is 129 cm³/mol. The molecule has 34 heavy (non-hydrogen) atoms. The molecular weight excluding hydrogens is 447 g/mol. The van der Waals surface area contributed by atoms with Gasteiger partial charge in [0.25, 0.3) is 0 Å². The van der Waals surface area contributed by atoms with Crippen LogP contribution in [0.4, 0.5) is 4.39 Å². The number of piperazine rings is 1. The first-order chi connectivity index (χ1) is 16.7. The van der Waals surface area contributed by atoms with Gasteiger partial charge in [-0.1, -0.05) is 6.92 Å². The first-order valence-electron chi connectivity index (χ1n) is 12.5. The van der Waals surface area contributed by atoms with E-state index in [0.717, 1.165) is 45.8 Å². The molecule has 0 spiro atoms. The van der Waals surface area contributed by atoms with Crippen molar-refractivity contribution >= 4 is 5.91 Å². The third-order valence-electron chi connectivity index (χ3n) is 5.32. The fourth-order valence-electron chi connectivity index (χ4n) is 3.18. The maximum atomic E-state index is 13.6. The second-order valence-electron chi connectivity index (χ2n) is 8.07. The number of halogens is 1. The van der Waals surface area contributed by atoms with Crippen molar-refractivity contribution in [3.63, 3.8) is 0 Å². The molecule has 10 nitrogen and oxygen atoms in total. The third kappa shape index (κ3) is 18.4. The van der Waals surface area contributed by atoms with Crippen LogP contribution in [0.2, 0.25) is 0 Å². The lowest BCUT2D eigenvalue weighted by atomic mass is 10.3. The maximum absolute atomic E-state index is 13.6. The topological polar surface area (TPSA) is 93.8 Å². The Bertz CT molecular complexity index is 473. The van der Waals surface area contributed by atoms with Gasteiger partial charge in [0.2, 0.25) is 5.91 Å². The summed E-state index contributed by atoms with van der Waals surface area (Å²) >= 11 is 0. The molecule has 0 saturated carbocycles. The van der Waals surface area contributed by atoms with Crippen molar-refractivity contribution in [2.24, 2.45) is 0 Å². The van der Waals surface area contributed by atoms with Gasteiger partial charge in [0.05, 0.1) is 72.6 Å². The van der Waals surface area contributed by atoms with Crippen molar-refractivity contribution in [3.8, 4) is 0 Å². The minimum absolute atomic E-state index is 0.0153. The zero-order chi connectivity index (χ0) is 24.7. The number of rotatable bonds is 23. The second kappa shape index (κ2) is 22.5. The Labute approximate surface area is 204 Å². The van der Waals surface area contributed by atoms with Gasteiger partial charge in [-0.05, 0) is 7.05 Å². The first-order valence-corrected chi connectivity index (χ1v) is 12.5. The van der Waals surface area contributed by atoms with Crippen molar-refractivity contribution in [1.29, 1.82) is 0 Å². The van der Waals surface area contributed by atoms with Crippen LogP contribution in [-0.4, -0.2) is 147 Å². The molecule has 1 fully saturated rings. The fourth-order valence-corrected chi connectivity index (χ4v) is 3.18. The summed E-state index contributed by atoms with van der Waals surface area (Å²) in [5, 5.41) is 5.56. The predicted octanol–water partition coefficient (Wildman–Crippen LogP) is -0.229. The van der Waals surface area contributed by atoms with Crippen LogP contribution in [0.3, 0.4) is 0 Å². The standard InChI is InChI=1S/C23H47FN4O6/c1-3-23(29)26-20-22(24)21-34-13-10-28-7-5-27(6-8-28)9-12-31-15-17-33-19-18-32-16-14-30-11-4-25-2/h22,25H,3-21H2,1-2H3,(H,26,29). The highest BCUT2D eigenvalue weighted by Crippen LogP contribution is 2.02. The molecule has 0 aromatic heterocycles. The Morgan fingerprint density at radius 1 is 0.794 bits per heavy atom. The van der Waals surface area contributed by atoms with Gasteiger partial charge in [0.1, 0.15) is 6.17 Å². The van der Waals surface area contributed by atoms with Gasteiger partial charge in [0, 0.05) is 52.2 Å². The third-order valence-corrected chi connectivity index (χ3v) is 5.32. The molecule has 0 aliphatic carbocycles. The van der Waals surface area contributed by atoms with E-state index in [1.54, 1.807) is 6.92 Å². The van der Waals surface area contributed by atoms with Crippen molar-refractivity contribution in [2.45, 2.75) is 19.5 Å². The summed E-state index contributed by atoms with van der Waals surface area (Å²) < 4.78 is 41.0. The summed E-state index contributed by atoms with van der Waals surface area (Å²) in [4.78, 5) is 15.8. The van der Waals surface area contributed by atoms with E-state index in [0.29, 0.717) is 65.9 Å². The number of ether oxygens (including phenoxy) is 5. The molecule has 1 aliphatic heterocycles. The smallest absolute Gasteiger partial charge is 0.219 e. The van der Waals surface area contributed by atoms with E-state index in [9.17, 15) is 9.18 Å². The minimum Gasteiger partial charge on any atom is -0.378 e. The summed E-state index contributed by atoms with van der Waals surface area (Å²) in [5.74, 6) is -0.141. The average molecular weight is 495 g/mol. The number of alkyl halides is 1. The molecule has 2 N–H and O–H groups in total. The van der Waals surface area contributed by atoms with Gasteiger partial charge in [-0.15, -0.1) is 0 Å². The lowest BCUT2D eigenvalue weighted by molar-refractivity contribution is -0.121. The summed E-state index contributed by atoms with van der Waals surface area (Å²) in [6.07, 6.45) is -0.797. The zero-order valence-corrected chi connectivity index (χ0v) is 21.2. The normalized spacial score (nSPS) is 16.1. The second-order valence-corrected chi connectivity index (χ2v) is 8.07. The number of carbonyl (C=O) groups is 1. The molecule has 0 aromatic carbocycles. The Hall–Kier alpha value is -0.920. The number of amides is 1. The molecule has 11 heteroatoms. The van der Waals surface area contributed by atoms with Crippen LogP contribution < -0.4 is 10.6 Å². The van der Waals surface area contributed by atoms with Crippen LogP contribution in [0.1, 0.15) is 13.3 Å². The molecule has 1 saturated heterocycles. The molecule has 0 bridgehead atoms. The number of hydrogen-bond donors (Lipinski definition) is 2. The molecule has 1 heterocycles. The minimum atomic E-state index is -1.16. The molecule has 1 unspecified atom stereocenters. The summed E-state index contributed by atoms with van der Waals surface area (Å²) in [7, 11) is 1.90. The average Bonchev–Trinajstić information content (AvgIpc) is 2.86. The Morgan fingerprint density at radius 3 is 1.76 bits per heavy atom. The number of likely N-dealkylation sites (N-methyl/N-ethyl adjacent to an activating group) is 1. The summed E-state index contributed by atoms with van der Waals surface area (Å²) in [5.41, 5.74) is 0. The SMILES string of the molecule is CCC(=O)NCC(F)COCCN1CCN(CCOCCOCCOCCOCCNC)CC1. The van der Waals surface area contributed by atoms with Crippen molar-refractivity contribution < 1.29 is 32.9 Å². The van der Waals surface area contributed by atoms with Gasteiger partial charge < -0.3 is 34.3 Å². The lowest BCUT2D eigenvalue weighted by Gasteiger charge is -2.34. The largest absolute Gasteiger partial charge is 0.378 e. The number of nitrogens with one attached hydrogen (secondary N) is 2. The molecule has 1 rings (SSSR count). The first kappa shape index (κ1) is 31.1. The number of hydrogen-bond acceptors (Lipinski definition) is 9. The van der Waals surface area contributed by atoms with Gasteiger partial charge in [-0.3, -0.25) is 14.6 Å². The fraction of sp³-hybridized carbons (Fsp3) is 0.957. The quantitative estimate of drug-likeness (QED) is 0.187. The monoisotopic (exact) mass is 494 g/mol. The van der Waals surface area contributed by atoms with E-state index in [2.05, 4.69) is 20.4 Å². The van der Waals surface area contributed by atoms with E-state index < -0.39 is 6.17 Å². The van der Waals surface area contributed by atoms with Crippen LogP contribution >= 0.6 is 0 Å². The highest BCUT2D eigenvalue weighted by atomic mass is 19.1. The Balaban J connectivity index is 1.83. The van der Waals surface area contributed by atoms with Crippen molar-refractivity contribution in [2.75, 3.05) is 125 Å². The Kier molecular flexibility index (Phi) is 20.6. The van der Waals surface area contributed by atoms with Gasteiger partial charge in [0.15, 0.2) is 0 Å². The molecule has 1 atom stereocenters. The molecule has 1 aliphatic rings. The summed E-state index contributed by atoms with van der Waals surface area (Å²) in [6.45, 7) is 13.6. The van der Waals surface area contributed by atoms with Crippen LogP contribution in [0, 0.1) is 0 Å². The molecule has 202 valence electrons. The van der Waals surface area contributed by atoms with Gasteiger partial charge in [-0.2, -0.15) is 0 Å².